The van der Waals surface area contributed by atoms with Crippen LogP contribution in [0.3, 0.4) is 0 Å². The van der Waals surface area contributed by atoms with Crippen LogP contribution in [-0.4, -0.2) is 40.9 Å². The molecule has 2 aromatic rings. The number of hydrogen-bond donors (Lipinski definition) is 1. The SMILES string of the molecule is Cc1ccc(C)c(-c2nc([C@@H]3CC34CCN(S(N)(=O)=O)CC4)no2)n1. The number of nitrogens with two attached hydrogens (primary N) is 1. The molecule has 2 N–H and O–H groups in total. The fourth-order valence-electron chi connectivity index (χ4n) is 3.77. The first-order valence-corrected chi connectivity index (χ1v) is 9.85. The summed E-state index contributed by atoms with van der Waals surface area (Å²) in [7, 11) is -3.60. The Bertz CT molecular complexity index is 916. The van der Waals surface area contributed by atoms with E-state index in [1.54, 1.807) is 0 Å². The van der Waals surface area contributed by atoms with Crippen LogP contribution in [0.15, 0.2) is 16.7 Å². The number of aryl methyl sites for hydroxylation is 2. The fraction of sp³-hybridized carbons (Fsp3) is 0.562. The van der Waals surface area contributed by atoms with E-state index in [1.807, 2.05) is 26.0 Å². The second-order valence-electron chi connectivity index (χ2n) is 7.14. The molecule has 0 aromatic carbocycles. The Balaban J connectivity index is 1.51. The molecule has 1 saturated heterocycles. The molecule has 1 aliphatic heterocycles. The fourth-order valence-corrected chi connectivity index (χ4v) is 4.46. The van der Waals surface area contributed by atoms with Crippen LogP contribution in [0.2, 0.25) is 0 Å². The molecule has 134 valence electrons. The van der Waals surface area contributed by atoms with Gasteiger partial charge in [0, 0.05) is 24.7 Å². The molecule has 3 heterocycles. The van der Waals surface area contributed by atoms with Gasteiger partial charge in [0.05, 0.1) is 0 Å². The van der Waals surface area contributed by atoms with Crippen molar-refractivity contribution in [3.63, 3.8) is 0 Å². The van der Waals surface area contributed by atoms with Gasteiger partial charge in [0.1, 0.15) is 5.69 Å². The van der Waals surface area contributed by atoms with Gasteiger partial charge in [-0.3, -0.25) is 0 Å². The summed E-state index contributed by atoms with van der Waals surface area (Å²) in [5.74, 6) is 1.36. The first kappa shape index (κ1) is 16.6. The van der Waals surface area contributed by atoms with E-state index >= 15 is 0 Å². The predicted molar refractivity (Wildman–Crippen MR) is 90.7 cm³/mol. The van der Waals surface area contributed by atoms with Crippen molar-refractivity contribution in [3.05, 3.63) is 29.2 Å². The molecule has 9 heteroatoms. The number of pyridine rings is 1. The smallest absolute Gasteiger partial charge is 0.276 e. The van der Waals surface area contributed by atoms with Gasteiger partial charge in [0.25, 0.3) is 16.1 Å². The zero-order valence-electron chi connectivity index (χ0n) is 14.3. The molecular weight excluding hydrogens is 342 g/mol. The average molecular weight is 363 g/mol. The maximum Gasteiger partial charge on any atom is 0.276 e. The summed E-state index contributed by atoms with van der Waals surface area (Å²) < 4.78 is 29.7. The third-order valence-corrected chi connectivity index (χ3v) is 6.54. The molecular formula is C16H21N5O3S. The molecule has 1 aliphatic carbocycles. The van der Waals surface area contributed by atoms with Crippen LogP contribution in [0.1, 0.15) is 42.3 Å². The van der Waals surface area contributed by atoms with E-state index < -0.39 is 10.2 Å². The lowest BCUT2D eigenvalue weighted by Crippen LogP contribution is -2.43. The maximum atomic E-state index is 11.4. The van der Waals surface area contributed by atoms with Gasteiger partial charge in [-0.2, -0.15) is 17.7 Å². The summed E-state index contributed by atoms with van der Waals surface area (Å²) >= 11 is 0. The van der Waals surface area contributed by atoms with Crippen molar-refractivity contribution in [3.8, 4) is 11.6 Å². The molecule has 0 unspecified atom stereocenters. The molecule has 2 aromatic heterocycles. The Morgan fingerprint density at radius 1 is 1.24 bits per heavy atom. The van der Waals surface area contributed by atoms with Crippen LogP contribution in [0.25, 0.3) is 11.6 Å². The van der Waals surface area contributed by atoms with Crippen LogP contribution in [-0.2, 0) is 10.2 Å². The number of aromatic nitrogens is 3. The number of hydrogen-bond acceptors (Lipinski definition) is 6. The van der Waals surface area contributed by atoms with E-state index in [4.69, 9.17) is 9.66 Å². The molecule has 25 heavy (non-hydrogen) atoms. The summed E-state index contributed by atoms with van der Waals surface area (Å²) in [5, 5.41) is 9.37. The van der Waals surface area contributed by atoms with Crippen molar-refractivity contribution in [2.45, 2.75) is 39.0 Å². The Morgan fingerprint density at radius 3 is 2.64 bits per heavy atom. The molecule has 1 spiro atoms. The molecule has 2 fully saturated rings. The first-order valence-electron chi connectivity index (χ1n) is 8.35. The summed E-state index contributed by atoms with van der Waals surface area (Å²) in [4.78, 5) is 9.06. The first-order chi connectivity index (χ1) is 11.8. The molecule has 0 radical (unpaired) electrons. The summed E-state index contributed by atoms with van der Waals surface area (Å²) in [5.41, 5.74) is 2.70. The minimum atomic E-state index is -3.60. The van der Waals surface area contributed by atoms with E-state index in [-0.39, 0.29) is 11.3 Å². The highest BCUT2D eigenvalue weighted by molar-refractivity contribution is 7.86. The molecule has 2 aliphatic rings. The van der Waals surface area contributed by atoms with Crippen molar-refractivity contribution in [2.75, 3.05) is 13.1 Å². The molecule has 1 saturated carbocycles. The topological polar surface area (TPSA) is 115 Å². The maximum absolute atomic E-state index is 11.4. The van der Waals surface area contributed by atoms with E-state index in [1.165, 1.54) is 4.31 Å². The summed E-state index contributed by atoms with van der Waals surface area (Å²) in [6.07, 6.45) is 2.52. The molecule has 4 rings (SSSR count). The van der Waals surface area contributed by atoms with Gasteiger partial charge in [0.15, 0.2) is 5.82 Å². The van der Waals surface area contributed by atoms with Gasteiger partial charge < -0.3 is 4.52 Å². The lowest BCUT2D eigenvalue weighted by molar-refractivity contribution is 0.249. The van der Waals surface area contributed by atoms with E-state index in [2.05, 4.69) is 15.1 Å². The van der Waals surface area contributed by atoms with Gasteiger partial charge in [-0.25, -0.2) is 10.1 Å². The number of piperidine rings is 1. The zero-order chi connectivity index (χ0) is 17.8. The van der Waals surface area contributed by atoms with E-state index in [9.17, 15) is 8.42 Å². The number of nitrogens with zero attached hydrogens (tertiary/aromatic N) is 4. The normalized spacial score (nSPS) is 23.1. The summed E-state index contributed by atoms with van der Waals surface area (Å²) in [6.45, 7) is 4.81. The van der Waals surface area contributed by atoms with Crippen LogP contribution >= 0.6 is 0 Å². The highest BCUT2D eigenvalue weighted by Gasteiger charge is 2.58. The van der Waals surface area contributed by atoms with E-state index in [0.717, 1.165) is 36.2 Å². The Morgan fingerprint density at radius 2 is 1.96 bits per heavy atom. The van der Waals surface area contributed by atoms with Gasteiger partial charge in [-0.1, -0.05) is 11.2 Å². The van der Waals surface area contributed by atoms with Crippen LogP contribution in [0.4, 0.5) is 0 Å². The highest BCUT2D eigenvalue weighted by Crippen LogP contribution is 2.64. The van der Waals surface area contributed by atoms with Crippen molar-refractivity contribution >= 4 is 10.2 Å². The van der Waals surface area contributed by atoms with Crippen molar-refractivity contribution in [2.24, 2.45) is 10.6 Å². The third kappa shape index (κ3) is 2.96. The Labute approximate surface area is 146 Å². The largest absolute Gasteiger partial charge is 0.332 e. The van der Waals surface area contributed by atoms with Crippen LogP contribution in [0.5, 0.6) is 0 Å². The Hall–Kier alpha value is -1.84. The monoisotopic (exact) mass is 363 g/mol. The Kier molecular flexibility index (Phi) is 3.71. The second-order valence-corrected chi connectivity index (χ2v) is 8.69. The molecule has 0 bridgehead atoms. The summed E-state index contributed by atoms with van der Waals surface area (Å²) in [6, 6.07) is 3.94. The van der Waals surface area contributed by atoms with Gasteiger partial charge in [-0.15, -0.1) is 0 Å². The quantitative estimate of drug-likeness (QED) is 0.884. The van der Waals surface area contributed by atoms with Crippen molar-refractivity contribution in [1.82, 2.24) is 19.4 Å². The second kappa shape index (κ2) is 5.58. The van der Waals surface area contributed by atoms with Gasteiger partial charge in [-0.05, 0) is 50.2 Å². The third-order valence-electron chi connectivity index (χ3n) is 5.46. The van der Waals surface area contributed by atoms with Crippen LogP contribution < -0.4 is 5.14 Å². The molecule has 8 nitrogen and oxygen atoms in total. The highest BCUT2D eigenvalue weighted by atomic mass is 32.2. The average Bonchev–Trinajstić information content (AvgIpc) is 3.03. The lowest BCUT2D eigenvalue weighted by Gasteiger charge is -2.30. The van der Waals surface area contributed by atoms with Gasteiger partial charge in [0.2, 0.25) is 0 Å². The predicted octanol–water partition coefficient (Wildman–Crippen LogP) is 1.52. The van der Waals surface area contributed by atoms with Crippen molar-refractivity contribution < 1.29 is 12.9 Å². The van der Waals surface area contributed by atoms with Crippen LogP contribution in [0, 0.1) is 19.3 Å². The lowest BCUT2D eigenvalue weighted by atomic mass is 9.92. The van der Waals surface area contributed by atoms with Crippen molar-refractivity contribution in [1.29, 1.82) is 0 Å². The number of rotatable bonds is 3. The minimum absolute atomic E-state index is 0.0808. The standard InChI is InChI=1S/C16H21N5O3S/c1-10-3-4-11(2)18-13(10)15-19-14(20-24-15)12-9-16(12)5-7-21(8-6-16)25(17,22)23/h3-4,12H,5-9H2,1-2H3,(H2,17,22,23)/t12-/m0/s1. The molecule has 0 amide bonds. The van der Waals surface area contributed by atoms with Gasteiger partial charge >= 0.3 is 0 Å². The zero-order valence-corrected chi connectivity index (χ0v) is 15.1. The van der Waals surface area contributed by atoms with E-state index in [0.29, 0.717) is 24.8 Å². The minimum Gasteiger partial charge on any atom is -0.332 e. The molecule has 1 atom stereocenters.